The van der Waals surface area contributed by atoms with Crippen LogP contribution < -0.4 is 5.73 Å². The smallest absolute Gasteiger partial charge is 0.0238 e. The molecule has 0 amide bonds. The molecule has 0 fully saturated rings. The van der Waals surface area contributed by atoms with E-state index < -0.39 is 0 Å². The SMILES string of the molecule is CN(CCCN)Cc1ccsc1. The van der Waals surface area contributed by atoms with E-state index in [0.717, 1.165) is 26.1 Å². The molecule has 0 unspecified atom stereocenters. The molecule has 12 heavy (non-hydrogen) atoms. The Morgan fingerprint density at radius 1 is 1.58 bits per heavy atom. The van der Waals surface area contributed by atoms with E-state index in [-0.39, 0.29) is 0 Å². The van der Waals surface area contributed by atoms with Crippen LogP contribution in [0.25, 0.3) is 0 Å². The molecule has 0 saturated carbocycles. The normalized spacial score (nSPS) is 10.9. The Labute approximate surface area is 78.0 Å². The van der Waals surface area contributed by atoms with Gasteiger partial charge in [0.05, 0.1) is 0 Å². The average molecular weight is 184 g/mol. The van der Waals surface area contributed by atoms with Gasteiger partial charge in [-0.05, 0) is 48.9 Å². The Morgan fingerprint density at radius 3 is 3.00 bits per heavy atom. The molecule has 0 aliphatic rings. The van der Waals surface area contributed by atoms with Crippen molar-refractivity contribution in [3.8, 4) is 0 Å². The van der Waals surface area contributed by atoms with Crippen molar-refractivity contribution in [2.45, 2.75) is 13.0 Å². The fourth-order valence-electron chi connectivity index (χ4n) is 1.13. The first-order valence-corrected chi connectivity index (χ1v) is 5.17. The Hall–Kier alpha value is -0.380. The third-order valence-corrected chi connectivity index (χ3v) is 2.51. The highest BCUT2D eigenvalue weighted by molar-refractivity contribution is 7.07. The maximum absolute atomic E-state index is 5.43. The lowest BCUT2D eigenvalue weighted by Crippen LogP contribution is -2.20. The lowest BCUT2D eigenvalue weighted by molar-refractivity contribution is 0.324. The van der Waals surface area contributed by atoms with Crippen molar-refractivity contribution in [1.82, 2.24) is 4.90 Å². The van der Waals surface area contributed by atoms with Gasteiger partial charge in [-0.2, -0.15) is 11.3 Å². The molecule has 0 aliphatic heterocycles. The van der Waals surface area contributed by atoms with Crippen LogP contribution in [-0.2, 0) is 6.54 Å². The second-order valence-corrected chi connectivity index (χ2v) is 3.79. The van der Waals surface area contributed by atoms with Crippen molar-refractivity contribution in [1.29, 1.82) is 0 Å². The third-order valence-electron chi connectivity index (χ3n) is 1.78. The number of nitrogens with zero attached hydrogens (tertiary/aromatic N) is 1. The summed E-state index contributed by atoms with van der Waals surface area (Å²) in [5.41, 5.74) is 6.83. The molecule has 1 heterocycles. The highest BCUT2D eigenvalue weighted by atomic mass is 32.1. The lowest BCUT2D eigenvalue weighted by atomic mass is 10.3. The van der Waals surface area contributed by atoms with E-state index in [9.17, 15) is 0 Å². The summed E-state index contributed by atoms with van der Waals surface area (Å²) in [5.74, 6) is 0. The van der Waals surface area contributed by atoms with E-state index in [1.54, 1.807) is 11.3 Å². The first-order chi connectivity index (χ1) is 5.83. The molecule has 0 aliphatic carbocycles. The first kappa shape index (κ1) is 9.71. The van der Waals surface area contributed by atoms with E-state index in [4.69, 9.17) is 5.73 Å². The molecule has 0 aromatic carbocycles. The van der Waals surface area contributed by atoms with Gasteiger partial charge in [-0.25, -0.2) is 0 Å². The summed E-state index contributed by atoms with van der Waals surface area (Å²) in [6.07, 6.45) is 1.08. The number of hydrogen-bond acceptors (Lipinski definition) is 3. The summed E-state index contributed by atoms with van der Waals surface area (Å²) in [6.45, 7) is 2.92. The molecule has 68 valence electrons. The van der Waals surface area contributed by atoms with Crippen molar-refractivity contribution < 1.29 is 0 Å². The zero-order valence-electron chi connectivity index (χ0n) is 7.49. The number of nitrogens with two attached hydrogens (primary N) is 1. The topological polar surface area (TPSA) is 29.3 Å². The highest BCUT2D eigenvalue weighted by Crippen LogP contribution is 2.08. The molecular formula is C9H16N2S. The minimum Gasteiger partial charge on any atom is -0.330 e. The van der Waals surface area contributed by atoms with Crippen molar-refractivity contribution >= 4 is 11.3 Å². The van der Waals surface area contributed by atoms with Crippen LogP contribution in [0.5, 0.6) is 0 Å². The maximum atomic E-state index is 5.43. The van der Waals surface area contributed by atoms with Gasteiger partial charge in [-0.1, -0.05) is 0 Å². The lowest BCUT2D eigenvalue weighted by Gasteiger charge is -2.14. The van der Waals surface area contributed by atoms with Gasteiger partial charge in [0.15, 0.2) is 0 Å². The van der Waals surface area contributed by atoms with E-state index in [2.05, 4.69) is 28.8 Å². The van der Waals surface area contributed by atoms with Gasteiger partial charge < -0.3 is 10.6 Å². The van der Waals surface area contributed by atoms with Crippen LogP contribution in [-0.4, -0.2) is 25.0 Å². The van der Waals surface area contributed by atoms with Crippen LogP contribution in [0.1, 0.15) is 12.0 Å². The number of rotatable bonds is 5. The summed E-state index contributed by atoms with van der Waals surface area (Å²) in [6, 6.07) is 2.17. The molecule has 0 spiro atoms. The summed E-state index contributed by atoms with van der Waals surface area (Å²) in [5, 5.41) is 4.31. The van der Waals surface area contributed by atoms with Crippen LogP contribution >= 0.6 is 11.3 Å². The molecular weight excluding hydrogens is 168 g/mol. The minimum atomic E-state index is 0.786. The van der Waals surface area contributed by atoms with Crippen LogP contribution in [0.2, 0.25) is 0 Å². The first-order valence-electron chi connectivity index (χ1n) is 4.22. The van der Waals surface area contributed by atoms with E-state index in [0.29, 0.717) is 0 Å². The molecule has 1 aromatic heterocycles. The van der Waals surface area contributed by atoms with E-state index in [1.165, 1.54) is 5.56 Å². The predicted molar refractivity (Wildman–Crippen MR) is 54.3 cm³/mol. The summed E-state index contributed by atoms with van der Waals surface area (Å²) in [4.78, 5) is 2.30. The molecule has 2 nitrogen and oxygen atoms in total. The fraction of sp³-hybridized carbons (Fsp3) is 0.556. The summed E-state index contributed by atoms with van der Waals surface area (Å²) in [7, 11) is 2.13. The van der Waals surface area contributed by atoms with Crippen LogP contribution in [0.4, 0.5) is 0 Å². The van der Waals surface area contributed by atoms with Crippen LogP contribution in [0.3, 0.4) is 0 Å². The van der Waals surface area contributed by atoms with Crippen molar-refractivity contribution in [3.05, 3.63) is 22.4 Å². The highest BCUT2D eigenvalue weighted by Gasteiger charge is 1.98. The van der Waals surface area contributed by atoms with E-state index in [1.807, 2.05) is 0 Å². The average Bonchev–Trinajstić information content (AvgIpc) is 2.53. The molecule has 1 rings (SSSR count). The third kappa shape index (κ3) is 3.34. The second-order valence-electron chi connectivity index (χ2n) is 3.01. The minimum absolute atomic E-state index is 0.786. The zero-order chi connectivity index (χ0) is 8.81. The Balaban J connectivity index is 2.22. The van der Waals surface area contributed by atoms with Crippen LogP contribution in [0.15, 0.2) is 16.8 Å². The van der Waals surface area contributed by atoms with Gasteiger partial charge in [-0.15, -0.1) is 0 Å². The monoisotopic (exact) mass is 184 g/mol. The van der Waals surface area contributed by atoms with Crippen LogP contribution in [0, 0.1) is 0 Å². The Morgan fingerprint density at radius 2 is 2.42 bits per heavy atom. The van der Waals surface area contributed by atoms with Crippen molar-refractivity contribution in [3.63, 3.8) is 0 Å². The predicted octanol–water partition coefficient (Wildman–Crippen LogP) is 1.53. The summed E-state index contributed by atoms with van der Waals surface area (Å²) < 4.78 is 0. The van der Waals surface area contributed by atoms with Gasteiger partial charge in [0.2, 0.25) is 0 Å². The summed E-state index contributed by atoms with van der Waals surface area (Å²) >= 11 is 1.75. The molecule has 0 saturated heterocycles. The van der Waals surface area contributed by atoms with E-state index >= 15 is 0 Å². The van der Waals surface area contributed by atoms with Crippen molar-refractivity contribution in [2.75, 3.05) is 20.1 Å². The molecule has 0 radical (unpaired) electrons. The molecule has 3 heteroatoms. The second kappa shape index (κ2) is 5.30. The standard InChI is InChI=1S/C9H16N2S/c1-11(5-2-4-10)7-9-3-6-12-8-9/h3,6,8H,2,4-5,7,10H2,1H3. The van der Waals surface area contributed by atoms with Gasteiger partial charge in [0.25, 0.3) is 0 Å². The zero-order valence-corrected chi connectivity index (χ0v) is 8.31. The van der Waals surface area contributed by atoms with Gasteiger partial charge in [0, 0.05) is 6.54 Å². The Kier molecular flexibility index (Phi) is 4.29. The molecule has 0 atom stereocenters. The van der Waals surface area contributed by atoms with Gasteiger partial charge in [0.1, 0.15) is 0 Å². The fourth-order valence-corrected chi connectivity index (χ4v) is 1.79. The number of hydrogen-bond donors (Lipinski definition) is 1. The molecule has 2 N–H and O–H groups in total. The largest absolute Gasteiger partial charge is 0.330 e. The molecule has 1 aromatic rings. The Bertz CT molecular complexity index is 196. The number of thiophene rings is 1. The van der Waals surface area contributed by atoms with Gasteiger partial charge in [-0.3, -0.25) is 0 Å². The quantitative estimate of drug-likeness (QED) is 0.752. The van der Waals surface area contributed by atoms with Gasteiger partial charge >= 0.3 is 0 Å². The van der Waals surface area contributed by atoms with Crippen molar-refractivity contribution in [2.24, 2.45) is 5.73 Å². The molecule has 0 bridgehead atoms. The maximum Gasteiger partial charge on any atom is 0.0238 e.